The van der Waals surface area contributed by atoms with Crippen LogP contribution in [0.25, 0.3) is 0 Å². The van der Waals surface area contributed by atoms with Crippen LogP contribution in [0.5, 0.6) is 0 Å². The molecule has 1 atom stereocenters. The Kier molecular flexibility index (Phi) is 6.02. The number of benzene rings is 2. The van der Waals surface area contributed by atoms with Crippen LogP contribution >= 0.6 is 0 Å². The van der Waals surface area contributed by atoms with Crippen molar-refractivity contribution in [2.24, 2.45) is 0 Å². The fraction of sp³-hybridized carbons (Fsp3) is 0.222. The molecule has 7 nitrogen and oxygen atoms in total. The Morgan fingerprint density at radius 2 is 1.75 bits per heavy atom. The molecule has 10 heteroatoms. The standard InChI is InChI=1S/C18H15F3N2O5/c1-10-3-4-12(9-15(10)23(26)27)17(25)28-11(2)16(24)22-14-7-5-13(6-8-14)18(19,20)21/h3-9,11H,1-2H3,(H,22,24). The number of anilines is 1. The normalized spacial score (nSPS) is 12.2. The number of nitrogens with one attached hydrogen (secondary N) is 1. The van der Waals surface area contributed by atoms with Gasteiger partial charge >= 0.3 is 12.1 Å². The Morgan fingerprint density at radius 1 is 1.14 bits per heavy atom. The summed E-state index contributed by atoms with van der Waals surface area (Å²) in [6, 6.07) is 7.48. The highest BCUT2D eigenvalue weighted by Crippen LogP contribution is 2.29. The quantitative estimate of drug-likeness (QED) is 0.466. The van der Waals surface area contributed by atoms with Gasteiger partial charge in [-0.15, -0.1) is 0 Å². The van der Waals surface area contributed by atoms with Gasteiger partial charge in [-0.1, -0.05) is 6.07 Å². The van der Waals surface area contributed by atoms with E-state index in [0.29, 0.717) is 5.56 Å². The van der Waals surface area contributed by atoms with Crippen molar-refractivity contribution in [3.05, 3.63) is 69.3 Å². The highest BCUT2D eigenvalue weighted by Gasteiger charge is 2.30. The van der Waals surface area contributed by atoms with E-state index in [4.69, 9.17) is 4.74 Å². The van der Waals surface area contributed by atoms with Crippen molar-refractivity contribution >= 4 is 23.3 Å². The van der Waals surface area contributed by atoms with Crippen LogP contribution < -0.4 is 5.32 Å². The van der Waals surface area contributed by atoms with Crippen LogP contribution in [-0.2, 0) is 15.7 Å². The highest BCUT2D eigenvalue weighted by atomic mass is 19.4. The van der Waals surface area contributed by atoms with Crippen molar-refractivity contribution in [2.45, 2.75) is 26.1 Å². The van der Waals surface area contributed by atoms with Crippen molar-refractivity contribution < 1.29 is 32.4 Å². The van der Waals surface area contributed by atoms with E-state index >= 15 is 0 Å². The summed E-state index contributed by atoms with van der Waals surface area (Å²) >= 11 is 0. The smallest absolute Gasteiger partial charge is 0.416 e. The number of amides is 1. The third-order valence-corrected chi connectivity index (χ3v) is 3.77. The second-order valence-corrected chi connectivity index (χ2v) is 5.87. The Balaban J connectivity index is 2.03. The molecule has 2 rings (SSSR count). The monoisotopic (exact) mass is 396 g/mol. The second-order valence-electron chi connectivity index (χ2n) is 5.87. The minimum absolute atomic E-state index is 0.0897. The van der Waals surface area contributed by atoms with Gasteiger partial charge in [0.25, 0.3) is 11.6 Å². The SMILES string of the molecule is Cc1ccc(C(=O)OC(C)C(=O)Nc2ccc(C(F)(F)F)cc2)cc1[N+](=O)[O-]. The molecular weight excluding hydrogens is 381 g/mol. The number of alkyl halides is 3. The van der Waals surface area contributed by atoms with Crippen LogP contribution in [0, 0.1) is 17.0 Å². The van der Waals surface area contributed by atoms with Gasteiger partial charge in [0.1, 0.15) is 0 Å². The van der Waals surface area contributed by atoms with Crippen LogP contribution in [-0.4, -0.2) is 22.9 Å². The molecule has 2 aromatic carbocycles. The highest BCUT2D eigenvalue weighted by molar-refractivity contribution is 5.97. The summed E-state index contributed by atoms with van der Waals surface area (Å²) < 4.78 is 42.6. The van der Waals surface area contributed by atoms with Gasteiger partial charge in [0.05, 0.1) is 16.1 Å². The molecule has 0 bridgehead atoms. The first-order valence-electron chi connectivity index (χ1n) is 7.93. The molecule has 0 aliphatic carbocycles. The zero-order valence-electron chi connectivity index (χ0n) is 14.7. The van der Waals surface area contributed by atoms with Crippen LogP contribution in [0.15, 0.2) is 42.5 Å². The number of rotatable bonds is 5. The first-order valence-corrected chi connectivity index (χ1v) is 7.93. The van der Waals surface area contributed by atoms with E-state index in [1.807, 2.05) is 0 Å². The zero-order chi connectivity index (χ0) is 21.1. The minimum Gasteiger partial charge on any atom is -0.449 e. The number of ether oxygens (including phenoxy) is 1. The Hall–Kier alpha value is -3.43. The lowest BCUT2D eigenvalue weighted by atomic mass is 10.1. The van der Waals surface area contributed by atoms with E-state index in [0.717, 1.165) is 30.3 Å². The fourth-order valence-corrected chi connectivity index (χ4v) is 2.20. The van der Waals surface area contributed by atoms with Crippen LogP contribution in [0.4, 0.5) is 24.5 Å². The number of hydrogen-bond acceptors (Lipinski definition) is 5. The lowest BCUT2D eigenvalue weighted by Crippen LogP contribution is -2.30. The minimum atomic E-state index is -4.50. The molecule has 0 fully saturated rings. The van der Waals surface area contributed by atoms with Crippen molar-refractivity contribution in [3.63, 3.8) is 0 Å². The fourth-order valence-electron chi connectivity index (χ4n) is 2.20. The number of halogens is 3. The molecule has 0 saturated carbocycles. The van der Waals surface area contributed by atoms with E-state index in [1.54, 1.807) is 0 Å². The first kappa shape index (κ1) is 20.9. The molecule has 0 heterocycles. The van der Waals surface area contributed by atoms with Gasteiger partial charge < -0.3 is 10.1 Å². The van der Waals surface area contributed by atoms with Gasteiger partial charge in [-0.2, -0.15) is 13.2 Å². The molecule has 1 unspecified atom stereocenters. The number of carbonyl (C=O) groups excluding carboxylic acids is 2. The predicted molar refractivity (Wildman–Crippen MR) is 92.8 cm³/mol. The van der Waals surface area contributed by atoms with Crippen molar-refractivity contribution in [1.29, 1.82) is 0 Å². The second kappa shape index (κ2) is 8.07. The first-order chi connectivity index (χ1) is 13.0. The summed E-state index contributed by atoms with van der Waals surface area (Å²) in [6.07, 6.45) is -5.78. The zero-order valence-corrected chi connectivity index (χ0v) is 14.7. The number of hydrogen-bond donors (Lipinski definition) is 1. The van der Waals surface area contributed by atoms with E-state index in [9.17, 15) is 32.9 Å². The molecule has 28 heavy (non-hydrogen) atoms. The largest absolute Gasteiger partial charge is 0.449 e. The van der Waals surface area contributed by atoms with Crippen molar-refractivity contribution in [3.8, 4) is 0 Å². The molecule has 0 saturated heterocycles. The van der Waals surface area contributed by atoms with Crippen LogP contribution in [0.3, 0.4) is 0 Å². The molecule has 0 aliphatic rings. The van der Waals surface area contributed by atoms with Gasteiger partial charge in [0.2, 0.25) is 0 Å². The van der Waals surface area contributed by atoms with E-state index < -0.39 is 34.6 Å². The van der Waals surface area contributed by atoms with Crippen LogP contribution in [0.1, 0.15) is 28.4 Å². The number of nitro benzene ring substituents is 1. The van der Waals surface area contributed by atoms with Gasteiger partial charge in [-0.3, -0.25) is 14.9 Å². The molecule has 2 aromatic rings. The molecule has 0 aromatic heterocycles. The summed E-state index contributed by atoms with van der Waals surface area (Å²) in [6.45, 7) is 2.77. The third kappa shape index (κ3) is 5.06. The van der Waals surface area contributed by atoms with Crippen molar-refractivity contribution in [1.82, 2.24) is 0 Å². The third-order valence-electron chi connectivity index (χ3n) is 3.77. The summed E-state index contributed by atoms with van der Waals surface area (Å²) in [5.74, 6) is -1.71. The summed E-state index contributed by atoms with van der Waals surface area (Å²) in [7, 11) is 0. The van der Waals surface area contributed by atoms with Gasteiger partial charge in [-0.25, -0.2) is 4.79 Å². The predicted octanol–water partition coefficient (Wildman–Crippen LogP) is 4.11. The molecular formula is C18H15F3N2O5. The van der Waals surface area contributed by atoms with Crippen LogP contribution in [0.2, 0.25) is 0 Å². The Morgan fingerprint density at radius 3 is 2.29 bits per heavy atom. The summed E-state index contributed by atoms with van der Waals surface area (Å²) in [4.78, 5) is 34.5. The topological polar surface area (TPSA) is 98.5 Å². The number of carbonyl (C=O) groups is 2. The maximum Gasteiger partial charge on any atom is 0.416 e. The van der Waals surface area contributed by atoms with E-state index in [1.165, 1.54) is 26.0 Å². The van der Waals surface area contributed by atoms with E-state index in [2.05, 4.69) is 5.32 Å². The Labute approximate surface area is 157 Å². The maximum absolute atomic E-state index is 12.5. The maximum atomic E-state index is 12.5. The molecule has 0 aliphatic heterocycles. The van der Waals surface area contributed by atoms with Gasteiger partial charge in [-0.05, 0) is 44.2 Å². The number of nitrogens with zero attached hydrogens (tertiary/aromatic N) is 1. The molecule has 148 valence electrons. The molecule has 0 spiro atoms. The lowest BCUT2D eigenvalue weighted by molar-refractivity contribution is -0.385. The van der Waals surface area contributed by atoms with Gasteiger partial charge in [0, 0.05) is 17.3 Å². The van der Waals surface area contributed by atoms with E-state index in [-0.39, 0.29) is 16.9 Å². The molecule has 0 radical (unpaired) electrons. The molecule has 1 N–H and O–H groups in total. The van der Waals surface area contributed by atoms with Gasteiger partial charge in [0.15, 0.2) is 6.10 Å². The number of aryl methyl sites for hydroxylation is 1. The lowest BCUT2D eigenvalue weighted by Gasteiger charge is -2.14. The molecule has 1 amide bonds. The Bertz CT molecular complexity index is 910. The number of esters is 1. The average Bonchev–Trinajstić information content (AvgIpc) is 2.61. The summed E-state index contributed by atoms with van der Waals surface area (Å²) in [5, 5.41) is 13.3. The average molecular weight is 396 g/mol. The van der Waals surface area contributed by atoms with Crippen molar-refractivity contribution in [2.75, 3.05) is 5.32 Å². The summed E-state index contributed by atoms with van der Waals surface area (Å²) in [5.41, 5.74) is -0.796. The number of nitro groups is 1.